The van der Waals surface area contributed by atoms with Crippen LogP contribution in [0.1, 0.15) is 38.8 Å². The maximum Gasteiger partial charge on any atom is 0.335 e. The number of halogens is 1. The summed E-state index contributed by atoms with van der Waals surface area (Å²) in [7, 11) is 0. The number of fused-ring (bicyclic) bond motifs is 1. The molecule has 5 aromatic rings. The van der Waals surface area contributed by atoms with Gasteiger partial charge in [-0.2, -0.15) is 0 Å². The third-order valence-electron chi connectivity index (χ3n) is 7.04. The molecule has 0 aliphatic carbocycles. The fraction of sp³-hybridized carbons (Fsp3) is 0.111. The Labute approximate surface area is 255 Å². The van der Waals surface area contributed by atoms with Crippen molar-refractivity contribution in [3.05, 3.63) is 155 Å². The average Bonchev–Trinajstić information content (AvgIpc) is 3.32. The van der Waals surface area contributed by atoms with E-state index in [-0.39, 0.29) is 18.2 Å². The first-order valence-corrected chi connectivity index (χ1v) is 14.2. The molecular formula is C36H30ClNO5. The topological polar surface area (TPSA) is 77.8 Å². The highest BCUT2D eigenvalue weighted by molar-refractivity contribution is 6.31. The second-order valence-electron chi connectivity index (χ2n) is 9.80. The fourth-order valence-electron chi connectivity index (χ4n) is 5.16. The van der Waals surface area contributed by atoms with Gasteiger partial charge in [0, 0.05) is 34.1 Å². The summed E-state index contributed by atoms with van der Waals surface area (Å²) in [6.07, 6.45) is 5.23. The largest absolute Gasteiger partial charge is 0.493 e. The monoisotopic (exact) mass is 591 g/mol. The fourth-order valence-corrected chi connectivity index (χ4v) is 5.33. The molecule has 0 amide bonds. The van der Waals surface area contributed by atoms with E-state index in [2.05, 4.69) is 35.4 Å². The number of carboxylic acids is 1. The van der Waals surface area contributed by atoms with Crippen LogP contribution in [0.25, 0.3) is 17.0 Å². The van der Waals surface area contributed by atoms with Gasteiger partial charge in [0.25, 0.3) is 0 Å². The van der Waals surface area contributed by atoms with Crippen LogP contribution in [0, 0.1) is 0 Å². The second kappa shape index (κ2) is 13.7. The molecule has 1 heterocycles. The number of hydrogen-bond donors (Lipinski definition) is 1. The molecule has 0 saturated carbocycles. The van der Waals surface area contributed by atoms with Gasteiger partial charge in [-0.05, 0) is 65.2 Å². The molecule has 0 fully saturated rings. The van der Waals surface area contributed by atoms with Crippen molar-refractivity contribution < 1.29 is 24.2 Å². The van der Waals surface area contributed by atoms with Gasteiger partial charge in [0.1, 0.15) is 12.4 Å². The van der Waals surface area contributed by atoms with Crippen LogP contribution in [-0.4, -0.2) is 34.8 Å². The summed E-state index contributed by atoms with van der Waals surface area (Å²) < 4.78 is 13.5. The number of carbonyl (C=O) groups excluding carboxylic acids is 1. The van der Waals surface area contributed by atoms with E-state index in [9.17, 15) is 14.7 Å². The zero-order chi connectivity index (χ0) is 30.2. The molecule has 0 radical (unpaired) electrons. The van der Waals surface area contributed by atoms with Crippen LogP contribution < -0.4 is 4.74 Å². The number of carbonyl (C=O) groups is 2. The summed E-state index contributed by atoms with van der Waals surface area (Å²) >= 11 is 6.53. The number of nitrogens with zero attached hydrogens (tertiary/aromatic N) is 1. The minimum Gasteiger partial charge on any atom is -0.493 e. The molecule has 0 spiro atoms. The lowest BCUT2D eigenvalue weighted by molar-refractivity contribution is -0.136. The van der Waals surface area contributed by atoms with E-state index in [0.717, 1.165) is 33.3 Å². The molecule has 0 aliphatic heterocycles. The van der Waals surface area contributed by atoms with Crippen LogP contribution in [0.5, 0.6) is 5.75 Å². The lowest BCUT2D eigenvalue weighted by Crippen LogP contribution is -2.14. The van der Waals surface area contributed by atoms with Crippen LogP contribution in [0.4, 0.5) is 0 Å². The Morgan fingerprint density at radius 3 is 2.16 bits per heavy atom. The van der Waals surface area contributed by atoms with Gasteiger partial charge in [0.15, 0.2) is 0 Å². The minimum absolute atomic E-state index is 0.111. The summed E-state index contributed by atoms with van der Waals surface area (Å²) in [6.45, 7) is 4.04. The standard InChI is InChI=1S/C36H30ClNO5/c1-2-22-43-34(39)20-19-32-30(21-23-42-29-16-13-27(14-17-29)36(40)41)31-24-28(37)15-18-33(31)38(32)35(25-9-5-3-6-10-25)26-11-7-4-8-12-26/h2-20,24,35H,1,21-23H2,(H,40,41). The first-order valence-electron chi connectivity index (χ1n) is 13.8. The highest BCUT2D eigenvalue weighted by atomic mass is 35.5. The Balaban J connectivity index is 1.64. The van der Waals surface area contributed by atoms with Gasteiger partial charge in [0.2, 0.25) is 0 Å². The maximum atomic E-state index is 12.6. The molecule has 43 heavy (non-hydrogen) atoms. The van der Waals surface area contributed by atoms with Gasteiger partial charge in [-0.15, -0.1) is 0 Å². The van der Waals surface area contributed by atoms with E-state index in [4.69, 9.17) is 21.1 Å². The number of aromatic nitrogens is 1. The van der Waals surface area contributed by atoms with Crippen molar-refractivity contribution in [2.24, 2.45) is 0 Å². The molecule has 4 aromatic carbocycles. The zero-order valence-electron chi connectivity index (χ0n) is 23.4. The summed E-state index contributed by atoms with van der Waals surface area (Å²) in [4.78, 5) is 23.8. The number of esters is 1. The van der Waals surface area contributed by atoms with E-state index in [1.807, 2.05) is 54.6 Å². The van der Waals surface area contributed by atoms with Gasteiger partial charge in [-0.3, -0.25) is 0 Å². The molecular weight excluding hydrogens is 562 g/mol. The third kappa shape index (κ3) is 6.88. The van der Waals surface area contributed by atoms with Gasteiger partial charge in [0.05, 0.1) is 18.2 Å². The Bertz CT molecular complexity index is 1720. The number of aromatic carboxylic acids is 1. The first kappa shape index (κ1) is 29.4. The Hall–Kier alpha value is -5.07. The van der Waals surface area contributed by atoms with Crippen molar-refractivity contribution in [3.8, 4) is 5.75 Å². The lowest BCUT2D eigenvalue weighted by atomic mass is 9.98. The van der Waals surface area contributed by atoms with E-state index in [0.29, 0.717) is 23.8 Å². The summed E-state index contributed by atoms with van der Waals surface area (Å²) in [6, 6.07) is 32.3. The van der Waals surface area contributed by atoms with Crippen molar-refractivity contribution in [2.45, 2.75) is 12.5 Å². The van der Waals surface area contributed by atoms with Gasteiger partial charge < -0.3 is 19.1 Å². The summed E-state index contributed by atoms with van der Waals surface area (Å²) in [5.74, 6) is -0.916. The molecule has 216 valence electrons. The molecule has 7 heteroatoms. The van der Waals surface area contributed by atoms with Crippen molar-refractivity contribution in [2.75, 3.05) is 13.2 Å². The molecule has 5 rings (SSSR count). The number of hydrogen-bond acceptors (Lipinski definition) is 4. The predicted octanol–water partition coefficient (Wildman–Crippen LogP) is 7.99. The number of carboxylic acid groups (broad SMARTS) is 1. The Morgan fingerprint density at radius 1 is 0.907 bits per heavy atom. The molecule has 0 bridgehead atoms. The molecule has 6 nitrogen and oxygen atoms in total. The Morgan fingerprint density at radius 2 is 1.56 bits per heavy atom. The second-order valence-corrected chi connectivity index (χ2v) is 10.2. The molecule has 0 aliphatic rings. The summed E-state index contributed by atoms with van der Waals surface area (Å²) in [5.41, 5.74) is 5.05. The van der Waals surface area contributed by atoms with E-state index in [1.165, 1.54) is 24.3 Å². The van der Waals surface area contributed by atoms with Gasteiger partial charge in [-0.1, -0.05) is 84.9 Å². The summed E-state index contributed by atoms with van der Waals surface area (Å²) in [5, 5.41) is 10.7. The quantitative estimate of drug-likeness (QED) is 0.0903. The average molecular weight is 592 g/mol. The number of ether oxygens (including phenoxy) is 2. The highest BCUT2D eigenvalue weighted by Gasteiger charge is 2.25. The molecule has 1 N–H and O–H groups in total. The van der Waals surface area contributed by atoms with E-state index < -0.39 is 11.9 Å². The van der Waals surface area contributed by atoms with Gasteiger partial charge in [-0.25, -0.2) is 9.59 Å². The lowest BCUT2D eigenvalue weighted by Gasteiger charge is -2.24. The van der Waals surface area contributed by atoms with Crippen molar-refractivity contribution in [1.82, 2.24) is 4.57 Å². The minimum atomic E-state index is -0.995. The predicted molar refractivity (Wildman–Crippen MR) is 170 cm³/mol. The first-order chi connectivity index (χ1) is 21.0. The van der Waals surface area contributed by atoms with E-state index in [1.54, 1.807) is 18.2 Å². The van der Waals surface area contributed by atoms with Crippen LogP contribution >= 0.6 is 11.6 Å². The van der Waals surface area contributed by atoms with Crippen molar-refractivity contribution in [3.63, 3.8) is 0 Å². The molecule has 0 saturated heterocycles. The normalized spacial score (nSPS) is 11.2. The van der Waals surface area contributed by atoms with Crippen LogP contribution in [-0.2, 0) is 16.0 Å². The zero-order valence-corrected chi connectivity index (χ0v) is 24.1. The highest BCUT2D eigenvalue weighted by Crippen LogP contribution is 2.38. The number of benzene rings is 4. The molecule has 0 atom stereocenters. The molecule has 0 unspecified atom stereocenters. The van der Waals surface area contributed by atoms with Crippen molar-refractivity contribution in [1.29, 1.82) is 0 Å². The SMILES string of the molecule is C=CCOC(=O)C=Cc1c(CCOc2ccc(C(=O)O)cc2)c2cc(Cl)ccc2n1C(c1ccccc1)c1ccccc1. The van der Waals surface area contributed by atoms with Crippen LogP contribution in [0.15, 0.2) is 122 Å². The van der Waals surface area contributed by atoms with Crippen LogP contribution in [0.2, 0.25) is 5.02 Å². The van der Waals surface area contributed by atoms with Crippen LogP contribution in [0.3, 0.4) is 0 Å². The van der Waals surface area contributed by atoms with E-state index >= 15 is 0 Å². The third-order valence-corrected chi connectivity index (χ3v) is 7.28. The smallest absolute Gasteiger partial charge is 0.335 e. The van der Waals surface area contributed by atoms with Crippen molar-refractivity contribution >= 4 is 40.5 Å². The molecule has 1 aromatic heterocycles. The Kier molecular flexibility index (Phi) is 9.39. The maximum absolute atomic E-state index is 12.6. The number of rotatable bonds is 12. The van der Waals surface area contributed by atoms with Gasteiger partial charge >= 0.3 is 11.9 Å².